The Hall–Kier alpha value is -2.27. The van der Waals surface area contributed by atoms with Gasteiger partial charge in [-0.05, 0) is 42.8 Å². The van der Waals surface area contributed by atoms with E-state index in [4.69, 9.17) is 21.6 Å². The van der Waals surface area contributed by atoms with E-state index in [0.29, 0.717) is 0 Å². The number of hydrogen-bond donors (Lipinski definition) is 0. The van der Waals surface area contributed by atoms with Gasteiger partial charge in [0.05, 0.1) is 5.69 Å². The van der Waals surface area contributed by atoms with E-state index in [1.807, 2.05) is 42.1 Å². The molecule has 0 unspecified atom stereocenters. The van der Waals surface area contributed by atoms with Gasteiger partial charge in [-0.25, -0.2) is 9.97 Å². The van der Waals surface area contributed by atoms with Gasteiger partial charge in [-0.3, -0.25) is 0 Å². The van der Waals surface area contributed by atoms with Gasteiger partial charge in [-0.2, -0.15) is 11.8 Å². The summed E-state index contributed by atoms with van der Waals surface area (Å²) in [6.07, 6.45) is 0. The van der Waals surface area contributed by atoms with Crippen molar-refractivity contribution >= 4 is 35.1 Å². The molecule has 0 radical (unpaired) electrons. The third-order valence-corrected chi connectivity index (χ3v) is 6.68. The predicted octanol–water partition coefficient (Wildman–Crippen LogP) is 7.69. The van der Waals surface area contributed by atoms with Crippen LogP contribution in [0.15, 0.2) is 94.9 Å². The van der Waals surface area contributed by atoms with Crippen molar-refractivity contribution in [2.24, 2.45) is 0 Å². The number of aromatic nitrogens is 2. The lowest BCUT2D eigenvalue weighted by Crippen LogP contribution is -1.97. The second kappa shape index (κ2) is 10.2. The topological polar surface area (TPSA) is 25.8 Å². The van der Waals surface area contributed by atoms with Crippen LogP contribution < -0.4 is 0 Å². The van der Waals surface area contributed by atoms with Crippen molar-refractivity contribution in [1.29, 1.82) is 0 Å². The number of benzene rings is 3. The van der Waals surface area contributed by atoms with Crippen molar-refractivity contribution in [3.05, 3.63) is 107 Å². The molecule has 5 heteroatoms. The zero-order valence-electron chi connectivity index (χ0n) is 16.6. The molecule has 1 aromatic heterocycles. The maximum absolute atomic E-state index is 5.98. The maximum atomic E-state index is 5.98. The molecule has 0 N–H and O–H groups in total. The van der Waals surface area contributed by atoms with Crippen molar-refractivity contribution in [1.82, 2.24) is 9.97 Å². The van der Waals surface area contributed by atoms with E-state index in [-0.39, 0.29) is 0 Å². The minimum absolute atomic E-state index is 0.768. The largest absolute Gasteiger partial charge is 0.232 e. The molecule has 0 spiro atoms. The quantitative estimate of drug-likeness (QED) is 0.270. The van der Waals surface area contributed by atoms with Gasteiger partial charge >= 0.3 is 0 Å². The van der Waals surface area contributed by atoms with E-state index >= 15 is 0 Å². The maximum Gasteiger partial charge on any atom is 0.160 e. The van der Waals surface area contributed by atoms with E-state index < -0.39 is 0 Å². The van der Waals surface area contributed by atoms with Gasteiger partial charge < -0.3 is 0 Å². The molecule has 30 heavy (non-hydrogen) atoms. The van der Waals surface area contributed by atoms with Crippen molar-refractivity contribution in [2.75, 3.05) is 0 Å². The Balaban J connectivity index is 1.55. The summed E-state index contributed by atoms with van der Waals surface area (Å²) in [6, 6.07) is 28.8. The van der Waals surface area contributed by atoms with Crippen molar-refractivity contribution < 1.29 is 0 Å². The van der Waals surface area contributed by atoms with Crippen LogP contribution in [0.4, 0.5) is 0 Å². The van der Waals surface area contributed by atoms with Crippen LogP contribution in [0.25, 0.3) is 11.4 Å². The molecule has 0 aliphatic carbocycles. The molecule has 0 bridgehead atoms. The van der Waals surface area contributed by atoms with E-state index in [0.717, 1.165) is 38.6 Å². The Morgan fingerprint density at radius 1 is 0.800 bits per heavy atom. The van der Waals surface area contributed by atoms with Gasteiger partial charge in [-0.1, -0.05) is 83.5 Å². The highest BCUT2D eigenvalue weighted by Gasteiger charge is 2.09. The molecule has 0 atom stereocenters. The predicted molar refractivity (Wildman–Crippen MR) is 129 cm³/mol. The smallest absolute Gasteiger partial charge is 0.160 e. The first kappa shape index (κ1) is 21.0. The molecular weight excluding hydrogens is 428 g/mol. The lowest BCUT2D eigenvalue weighted by Gasteiger charge is -2.09. The standard InChI is InChI=1S/C25H21ClN2S2/c1-18-7-13-23(14-8-18)30-24-15-22(17-29-16-19-9-11-21(26)12-10-19)27-25(28-24)20-5-3-2-4-6-20/h2-15H,16-17H2,1H3. The lowest BCUT2D eigenvalue weighted by molar-refractivity contribution is 1.01. The monoisotopic (exact) mass is 448 g/mol. The molecule has 0 aliphatic heterocycles. The zero-order chi connectivity index (χ0) is 20.8. The second-order valence-electron chi connectivity index (χ2n) is 6.92. The van der Waals surface area contributed by atoms with Crippen LogP contribution >= 0.6 is 35.1 Å². The van der Waals surface area contributed by atoms with E-state index in [2.05, 4.69) is 61.5 Å². The molecule has 150 valence electrons. The third kappa shape index (κ3) is 5.88. The molecule has 0 aliphatic rings. The summed E-state index contributed by atoms with van der Waals surface area (Å²) in [6.45, 7) is 2.10. The number of halogens is 1. The number of hydrogen-bond acceptors (Lipinski definition) is 4. The average Bonchev–Trinajstić information content (AvgIpc) is 2.77. The van der Waals surface area contributed by atoms with Crippen LogP contribution in [-0.4, -0.2) is 9.97 Å². The van der Waals surface area contributed by atoms with Crippen LogP contribution in [0.2, 0.25) is 5.02 Å². The van der Waals surface area contributed by atoms with Gasteiger partial charge in [0.15, 0.2) is 5.82 Å². The highest BCUT2D eigenvalue weighted by Crippen LogP contribution is 2.30. The van der Waals surface area contributed by atoms with Crippen LogP contribution in [0.3, 0.4) is 0 Å². The third-order valence-electron chi connectivity index (χ3n) is 4.46. The lowest BCUT2D eigenvalue weighted by atomic mass is 10.2. The minimum Gasteiger partial charge on any atom is -0.232 e. The van der Waals surface area contributed by atoms with Crippen LogP contribution in [0.5, 0.6) is 0 Å². The average molecular weight is 449 g/mol. The Kier molecular flexibility index (Phi) is 7.11. The zero-order valence-corrected chi connectivity index (χ0v) is 19.0. The molecule has 0 amide bonds. The first-order valence-electron chi connectivity index (χ1n) is 9.66. The number of rotatable bonds is 7. The molecule has 0 saturated heterocycles. The van der Waals surface area contributed by atoms with Gasteiger partial charge in [0.2, 0.25) is 0 Å². The highest BCUT2D eigenvalue weighted by molar-refractivity contribution is 7.99. The highest BCUT2D eigenvalue weighted by atomic mass is 35.5. The fourth-order valence-corrected chi connectivity index (χ4v) is 4.75. The minimum atomic E-state index is 0.768. The molecule has 2 nitrogen and oxygen atoms in total. The SMILES string of the molecule is Cc1ccc(Sc2cc(CSCc3ccc(Cl)cc3)nc(-c3ccccc3)n2)cc1. The van der Waals surface area contributed by atoms with Crippen LogP contribution in [0.1, 0.15) is 16.8 Å². The summed E-state index contributed by atoms with van der Waals surface area (Å²) >= 11 is 9.50. The summed E-state index contributed by atoms with van der Waals surface area (Å²) in [4.78, 5) is 10.8. The summed E-state index contributed by atoms with van der Waals surface area (Å²) in [5.74, 6) is 2.52. The van der Waals surface area contributed by atoms with Crippen molar-refractivity contribution in [3.8, 4) is 11.4 Å². The Labute approximate surface area is 191 Å². The summed E-state index contributed by atoms with van der Waals surface area (Å²) < 4.78 is 0. The summed E-state index contributed by atoms with van der Waals surface area (Å²) in [7, 11) is 0. The molecule has 3 aromatic carbocycles. The van der Waals surface area contributed by atoms with Crippen molar-refractivity contribution in [3.63, 3.8) is 0 Å². The fourth-order valence-electron chi connectivity index (χ4n) is 2.90. The van der Waals surface area contributed by atoms with Gasteiger partial charge in [-0.15, -0.1) is 0 Å². The van der Waals surface area contributed by atoms with Crippen LogP contribution in [0, 0.1) is 6.92 Å². The van der Waals surface area contributed by atoms with Crippen molar-refractivity contribution in [2.45, 2.75) is 28.4 Å². The fraction of sp³-hybridized carbons (Fsp3) is 0.120. The summed E-state index contributed by atoms with van der Waals surface area (Å²) in [5.41, 5.74) is 4.59. The molecular formula is C25H21ClN2S2. The number of aryl methyl sites for hydroxylation is 1. The number of thioether (sulfide) groups is 1. The Morgan fingerprint density at radius 2 is 1.53 bits per heavy atom. The molecule has 0 saturated carbocycles. The summed E-state index contributed by atoms with van der Waals surface area (Å²) in [5, 5.41) is 1.74. The van der Waals surface area contributed by atoms with E-state index in [1.165, 1.54) is 16.0 Å². The molecule has 1 heterocycles. The van der Waals surface area contributed by atoms with E-state index in [9.17, 15) is 0 Å². The van der Waals surface area contributed by atoms with Gasteiger partial charge in [0, 0.05) is 27.0 Å². The van der Waals surface area contributed by atoms with E-state index in [1.54, 1.807) is 11.8 Å². The molecule has 0 fully saturated rings. The molecule has 4 aromatic rings. The Morgan fingerprint density at radius 3 is 2.27 bits per heavy atom. The normalized spacial score (nSPS) is 10.9. The number of nitrogens with zero attached hydrogens (tertiary/aromatic N) is 2. The first-order valence-corrected chi connectivity index (χ1v) is 12.0. The van der Waals surface area contributed by atoms with Crippen LogP contribution in [-0.2, 0) is 11.5 Å². The second-order valence-corrected chi connectivity index (χ2v) is 9.44. The van der Waals surface area contributed by atoms with Gasteiger partial charge in [0.1, 0.15) is 5.03 Å². The van der Waals surface area contributed by atoms with Gasteiger partial charge in [0.25, 0.3) is 0 Å². The first-order chi connectivity index (χ1) is 14.7. The molecule has 4 rings (SSSR count). The Bertz CT molecular complexity index is 1100.